The number of para-hydroxylation sites is 1. The summed E-state index contributed by atoms with van der Waals surface area (Å²) in [5, 5.41) is 0.950. The van der Waals surface area contributed by atoms with Crippen LogP contribution in [0.25, 0.3) is 10.2 Å². The van der Waals surface area contributed by atoms with Crippen LogP contribution < -0.4 is 0 Å². The van der Waals surface area contributed by atoms with Crippen molar-refractivity contribution in [1.82, 2.24) is 14.8 Å². The number of ether oxygens (including phenoxy) is 1. The van der Waals surface area contributed by atoms with Crippen LogP contribution >= 0.6 is 11.3 Å². The molecular weight excluding hydrogens is 350 g/mol. The van der Waals surface area contributed by atoms with Gasteiger partial charge < -0.3 is 9.64 Å². The summed E-state index contributed by atoms with van der Waals surface area (Å²) in [5.74, 6) is -0.100. The van der Waals surface area contributed by atoms with Crippen molar-refractivity contribution in [3.8, 4) is 0 Å². The van der Waals surface area contributed by atoms with Gasteiger partial charge in [-0.05, 0) is 45.0 Å². The molecule has 1 aliphatic heterocycles. The number of piperidine rings is 1. The lowest BCUT2D eigenvalue weighted by atomic mass is 9.97. The maximum absolute atomic E-state index is 12.7. The summed E-state index contributed by atoms with van der Waals surface area (Å²) in [6.45, 7) is 3.88. The highest BCUT2D eigenvalue weighted by Crippen LogP contribution is 2.29. The summed E-state index contributed by atoms with van der Waals surface area (Å²) >= 11 is 1.63. The molecule has 3 rings (SSSR count). The number of hydrogen-bond donors (Lipinski definition) is 0. The van der Waals surface area contributed by atoms with Crippen molar-refractivity contribution < 1.29 is 14.3 Å². The lowest BCUT2D eigenvalue weighted by Gasteiger charge is -2.32. The second kappa shape index (κ2) is 8.14. The predicted octanol–water partition coefficient (Wildman–Crippen LogP) is 2.70. The molecule has 2 heterocycles. The third kappa shape index (κ3) is 4.04. The van der Waals surface area contributed by atoms with Crippen molar-refractivity contribution in [3.63, 3.8) is 0 Å². The molecule has 1 aliphatic rings. The summed E-state index contributed by atoms with van der Waals surface area (Å²) in [4.78, 5) is 32.8. The SMILES string of the molecule is COC(=O)C1CCN(CC(=O)N(C)[C@H](C)c2nc3ccccc3s2)CC1. The molecule has 1 aromatic heterocycles. The zero-order valence-electron chi connectivity index (χ0n) is 15.5. The van der Waals surface area contributed by atoms with Crippen LogP contribution in [0.3, 0.4) is 0 Å². The number of aromatic nitrogens is 1. The van der Waals surface area contributed by atoms with Crippen molar-refractivity contribution >= 4 is 33.4 Å². The van der Waals surface area contributed by atoms with Gasteiger partial charge in [-0.3, -0.25) is 14.5 Å². The summed E-state index contributed by atoms with van der Waals surface area (Å²) in [7, 11) is 3.26. The molecule has 0 N–H and O–H groups in total. The van der Waals surface area contributed by atoms with Crippen LogP contribution in [-0.2, 0) is 14.3 Å². The lowest BCUT2D eigenvalue weighted by molar-refractivity contribution is -0.147. The van der Waals surface area contributed by atoms with Crippen LogP contribution in [0.5, 0.6) is 0 Å². The minimum atomic E-state index is -0.141. The zero-order valence-corrected chi connectivity index (χ0v) is 16.3. The monoisotopic (exact) mass is 375 g/mol. The molecule has 0 aliphatic carbocycles. The number of methoxy groups -OCH3 is 1. The first kappa shape index (κ1) is 18.8. The lowest BCUT2D eigenvalue weighted by Crippen LogP contribution is -2.43. The third-order valence-corrected chi connectivity index (χ3v) is 6.33. The van der Waals surface area contributed by atoms with E-state index in [9.17, 15) is 9.59 Å². The number of carbonyl (C=O) groups is 2. The van der Waals surface area contributed by atoms with Gasteiger partial charge >= 0.3 is 5.97 Å². The van der Waals surface area contributed by atoms with Gasteiger partial charge in [0.05, 0.1) is 35.8 Å². The Balaban J connectivity index is 1.56. The number of amides is 1. The average Bonchev–Trinajstić information content (AvgIpc) is 3.11. The quantitative estimate of drug-likeness (QED) is 0.752. The summed E-state index contributed by atoms with van der Waals surface area (Å²) < 4.78 is 5.95. The molecule has 1 saturated heterocycles. The van der Waals surface area contributed by atoms with E-state index in [-0.39, 0.29) is 23.8 Å². The van der Waals surface area contributed by atoms with E-state index >= 15 is 0 Å². The second-order valence-electron chi connectivity index (χ2n) is 6.77. The van der Waals surface area contributed by atoms with E-state index in [4.69, 9.17) is 4.74 Å². The molecule has 0 bridgehead atoms. The van der Waals surface area contributed by atoms with Gasteiger partial charge in [0.15, 0.2) is 0 Å². The van der Waals surface area contributed by atoms with E-state index in [0.29, 0.717) is 6.54 Å². The highest BCUT2D eigenvalue weighted by molar-refractivity contribution is 7.18. The minimum Gasteiger partial charge on any atom is -0.469 e. The van der Waals surface area contributed by atoms with Crippen molar-refractivity contribution in [1.29, 1.82) is 0 Å². The van der Waals surface area contributed by atoms with Gasteiger partial charge in [-0.1, -0.05) is 12.1 Å². The highest BCUT2D eigenvalue weighted by Gasteiger charge is 2.28. The number of likely N-dealkylation sites (N-methyl/N-ethyl adjacent to an activating group) is 1. The van der Waals surface area contributed by atoms with Gasteiger partial charge in [-0.2, -0.15) is 0 Å². The topological polar surface area (TPSA) is 62.7 Å². The number of nitrogens with zero attached hydrogens (tertiary/aromatic N) is 3. The number of benzene rings is 1. The normalized spacial score (nSPS) is 17.2. The van der Waals surface area contributed by atoms with Crippen LogP contribution in [0, 0.1) is 5.92 Å². The van der Waals surface area contributed by atoms with E-state index in [1.807, 2.05) is 32.2 Å². The van der Waals surface area contributed by atoms with Crippen LogP contribution in [-0.4, -0.2) is 60.5 Å². The second-order valence-corrected chi connectivity index (χ2v) is 7.84. The Morgan fingerprint density at radius 3 is 2.69 bits per heavy atom. The molecule has 6 nitrogen and oxygen atoms in total. The first-order valence-electron chi connectivity index (χ1n) is 8.91. The van der Waals surface area contributed by atoms with Crippen molar-refractivity contribution in [2.45, 2.75) is 25.8 Å². The summed E-state index contributed by atoms with van der Waals surface area (Å²) in [6.07, 6.45) is 1.49. The fraction of sp³-hybridized carbons (Fsp3) is 0.526. The first-order valence-corrected chi connectivity index (χ1v) is 9.72. The molecule has 0 radical (unpaired) electrons. The molecule has 26 heavy (non-hydrogen) atoms. The Labute approximate surface area is 157 Å². The fourth-order valence-electron chi connectivity index (χ4n) is 3.25. The van der Waals surface area contributed by atoms with Crippen molar-refractivity contribution in [2.24, 2.45) is 5.92 Å². The molecule has 7 heteroatoms. The Hall–Kier alpha value is -1.99. The Bertz CT molecular complexity index is 750. The summed E-state index contributed by atoms with van der Waals surface area (Å²) in [5.41, 5.74) is 0.977. The van der Waals surface area contributed by atoms with Crippen LogP contribution in [0.1, 0.15) is 30.8 Å². The Kier molecular flexibility index (Phi) is 5.88. The predicted molar refractivity (Wildman–Crippen MR) is 102 cm³/mol. The number of likely N-dealkylation sites (tertiary alicyclic amines) is 1. The molecule has 1 aromatic carbocycles. The molecule has 0 unspecified atom stereocenters. The molecule has 140 valence electrons. The first-order chi connectivity index (χ1) is 12.5. The fourth-order valence-corrected chi connectivity index (χ4v) is 4.31. The van der Waals surface area contributed by atoms with Gasteiger partial charge in [0.1, 0.15) is 5.01 Å². The molecule has 1 amide bonds. The standard InChI is InChI=1S/C19H25N3O3S/c1-13(18-20-15-6-4-5-7-16(15)26-18)21(2)17(23)12-22-10-8-14(9-11-22)19(24)25-3/h4-7,13-14H,8-12H2,1-3H3/t13-/m1/s1. The number of fused-ring (bicyclic) bond motifs is 1. The average molecular weight is 375 g/mol. The van der Waals surface area contributed by atoms with Crippen molar-refractivity contribution in [3.05, 3.63) is 29.3 Å². The molecule has 1 fully saturated rings. The number of hydrogen-bond acceptors (Lipinski definition) is 6. The smallest absolute Gasteiger partial charge is 0.308 e. The molecule has 0 saturated carbocycles. The van der Waals surface area contributed by atoms with Gasteiger partial charge in [-0.15, -0.1) is 11.3 Å². The van der Waals surface area contributed by atoms with Crippen molar-refractivity contribution in [2.75, 3.05) is 33.8 Å². The van der Waals surface area contributed by atoms with E-state index < -0.39 is 0 Å². The van der Waals surface area contributed by atoms with E-state index in [1.165, 1.54) is 7.11 Å². The maximum Gasteiger partial charge on any atom is 0.308 e. The highest BCUT2D eigenvalue weighted by atomic mass is 32.1. The van der Waals surface area contributed by atoms with Crippen LogP contribution in [0.15, 0.2) is 24.3 Å². The summed E-state index contributed by atoms with van der Waals surface area (Å²) in [6, 6.07) is 7.96. The van der Waals surface area contributed by atoms with Gasteiger partial charge in [0.25, 0.3) is 0 Å². The van der Waals surface area contributed by atoms with Crippen LogP contribution in [0.4, 0.5) is 0 Å². The van der Waals surface area contributed by atoms with Crippen LogP contribution in [0.2, 0.25) is 0 Å². The van der Waals surface area contributed by atoms with Gasteiger partial charge in [0.2, 0.25) is 5.91 Å². The third-order valence-electron chi connectivity index (χ3n) is 5.12. The number of thiazole rings is 1. The van der Waals surface area contributed by atoms with E-state index in [0.717, 1.165) is 41.2 Å². The largest absolute Gasteiger partial charge is 0.469 e. The zero-order chi connectivity index (χ0) is 18.7. The molecule has 0 spiro atoms. The number of carbonyl (C=O) groups excluding carboxylic acids is 2. The Morgan fingerprint density at radius 2 is 2.04 bits per heavy atom. The van der Waals surface area contributed by atoms with Gasteiger partial charge in [-0.25, -0.2) is 4.98 Å². The molecule has 2 aromatic rings. The Morgan fingerprint density at radius 1 is 1.35 bits per heavy atom. The number of rotatable bonds is 5. The molecular formula is C19H25N3O3S. The molecule has 1 atom stereocenters. The minimum absolute atomic E-state index is 0.0363. The van der Waals surface area contributed by atoms with E-state index in [2.05, 4.69) is 16.0 Å². The number of esters is 1. The van der Waals surface area contributed by atoms with Gasteiger partial charge in [0, 0.05) is 7.05 Å². The maximum atomic E-state index is 12.7. The van der Waals surface area contributed by atoms with E-state index in [1.54, 1.807) is 16.2 Å².